The first-order valence-electron chi connectivity index (χ1n) is 7.67. The molecular formula is C17H26BrNOS. The van der Waals surface area contributed by atoms with Crippen molar-refractivity contribution in [3.8, 4) is 0 Å². The fourth-order valence-corrected chi connectivity index (χ4v) is 5.79. The number of rotatable bonds is 3. The molecule has 1 aliphatic carbocycles. The van der Waals surface area contributed by atoms with E-state index in [0.29, 0.717) is 12.0 Å². The van der Waals surface area contributed by atoms with Gasteiger partial charge in [-0.3, -0.25) is 4.21 Å². The molecule has 0 radical (unpaired) electrons. The lowest BCUT2D eigenvalue weighted by molar-refractivity contribution is 0.166. The Balaban J connectivity index is 2.25. The smallest absolute Gasteiger partial charge is 0.0588 e. The summed E-state index contributed by atoms with van der Waals surface area (Å²) in [5.74, 6) is 0.638. The fraction of sp³-hybridized carbons (Fsp3) is 0.647. The van der Waals surface area contributed by atoms with E-state index in [2.05, 4.69) is 42.0 Å². The minimum absolute atomic E-state index is 0.187. The molecule has 1 saturated carbocycles. The predicted molar refractivity (Wildman–Crippen MR) is 94.0 cm³/mol. The van der Waals surface area contributed by atoms with E-state index in [1.54, 1.807) is 0 Å². The Morgan fingerprint density at radius 1 is 1.24 bits per heavy atom. The van der Waals surface area contributed by atoms with Crippen molar-refractivity contribution in [3.05, 3.63) is 28.7 Å². The quantitative estimate of drug-likeness (QED) is 0.854. The van der Waals surface area contributed by atoms with Crippen LogP contribution >= 0.6 is 15.9 Å². The average Bonchev–Trinajstić information content (AvgIpc) is 2.45. The highest BCUT2D eigenvalue weighted by Gasteiger charge is 2.38. The van der Waals surface area contributed by atoms with E-state index in [1.807, 2.05) is 31.3 Å². The van der Waals surface area contributed by atoms with Crippen molar-refractivity contribution in [2.45, 2.75) is 56.2 Å². The van der Waals surface area contributed by atoms with Crippen LogP contribution in [0.2, 0.25) is 0 Å². The zero-order chi connectivity index (χ0) is 15.6. The number of halogens is 1. The molecule has 1 fully saturated rings. The summed E-state index contributed by atoms with van der Waals surface area (Å²) >= 11 is 3.55. The van der Waals surface area contributed by atoms with Gasteiger partial charge in [-0.2, -0.15) is 0 Å². The maximum atomic E-state index is 13.1. The normalized spacial score (nSPS) is 28.3. The lowest BCUT2D eigenvalue weighted by atomic mass is 9.71. The summed E-state index contributed by atoms with van der Waals surface area (Å²) in [6.07, 6.45) is 3.36. The number of hydrogen-bond donors (Lipinski definition) is 1. The van der Waals surface area contributed by atoms with Crippen LogP contribution in [0.15, 0.2) is 33.6 Å². The number of hydrogen-bond acceptors (Lipinski definition) is 2. The van der Waals surface area contributed by atoms with Gasteiger partial charge in [-0.1, -0.05) is 32.9 Å². The van der Waals surface area contributed by atoms with E-state index in [4.69, 9.17) is 0 Å². The molecule has 0 spiro atoms. The van der Waals surface area contributed by atoms with Gasteiger partial charge in [0.05, 0.1) is 20.9 Å². The summed E-state index contributed by atoms with van der Waals surface area (Å²) in [5.41, 5.74) is 0.287. The Morgan fingerprint density at radius 3 is 2.48 bits per heavy atom. The summed E-state index contributed by atoms with van der Waals surface area (Å²) in [6, 6.07) is 8.24. The van der Waals surface area contributed by atoms with Crippen LogP contribution in [-0.2, 0) is 10.8 Å². The van der Waals surface area contributed by atoms with Gasteiger partial charge in [0.2, 0.25) is 0 Å². The molecule has 2 rings (SSSR count). The Kier molecular flexibility index (Phi) is 5.66. The van der Waals surface area contributed by atoms with E-state index >= 15 is 0 Å². The van der Waals surface area contributed by atoms with Gasteiger partial charge < -0.3 is 5.32 Å². The fourth-order valence-electron chi connectivity index (χ4n) is 3.25. The molecule has 4 heteroatoms. The first kappa shape index (κ1) is 17.2. The second kappa shape index (κ2) is 6.93. The van der Waals surface area contributed by atoms with Gasteiger partial charge in [0.25, 0.3) is 0 Å². The third-order valence-corrected chi connectivity index (χ3v) is 7.53. The summed E-state index contributed by atoms with van der Waals surface area (Å²) in [5, 5.41) is 3.57. The largest absolute Gasteiger partial charge is 0.316 e. The van der Waals surface area contributed by atoms with Gasteiger partial charge >= 0.3 is 0 Å². The van der Waals surface area contributed by atoms with Crippen molar-refractivity contribution in [3.63, 3.8) is 0 Å². The number of benzene rings is 1. The van der Waals surface area contributed by atoms with Crippen molar-refractivity contribution in [2.75, 3.05) is 7.05 Å². The molecule has 0 heterocycles. The van der Waals surface area contributed by atoms with Crippen molar-refractivity contribution in [2.24, 2.45) is 11.3 Å². The van der Waals surface area contributed by atoms with E-state index in [-0.39, 0.29) is 10.7 Å². The second-order valence-electron chi connectivity index (χ2n) is 7.04. The van der Waals surface area contributed by atoms with Gasteiger partial charge in [-0.25, -0.2) is 0 Å². The molecule has 1 aliphatic rings. The predicted octanol–water partition coefficient (Wildman–Crippen LogP) is 4.36. The molecule has 2 nitrogen and oxygen atoms in total. The molecule has 4 atom stereocenters. The van der Waals surface area contributed by atoms with Crippen LogP contribution in [0.3, 0.4) is 0 Å². The van der Waals surface area contributed by atoms with E-state index < -0.39 is 10.8 Å². The first-order chi connectivity index (χ1) is 9.84. The molecule has 0 aliphatic heterocycles. The van der Waals surface area contributed by atoms with E-state index in [0.717, 1.165) is 22.2 Å². The maximum Gasteiger partial charge on any atom is 0.0588 e. The molecule has 1 aromatic carbocycles. The monoisotopic (exact) mass is 371 g/mol. The zero-order valence-corrected chi connectivity index (χ0v) is 15.8. The van der Waals surface area contributed by atoms with Crippen molar-refractivity contribution < 1.29 is 4.21 Å². The molecule has 0 bridgehead atoms. The number of nitrogens with one attached hydrogen (secondary N) is 1. The molecule has 4 unspecified atom stereocenters. The summed E-state index contributed by atoms with van der Waals surface area (Å²) in [7, 11) is 1.02. The molecule has 118 valence electrons. The molecule has 1 aromatic rings. The molecule has 0 amide bonds. The van der Waals surface area contributed by atoms with Gasteiger partial charge in [-0.05, 0) is 65.7 Å². The minimum Gasteiger partial charge on any atom is -0.316 e. The lowest BCUT2D eigenvalue weighted by Crippen LogP contribution is -2.47. The highest BCUT2D eigenvalue weighted by atomic mass is 79.9. The van der Waals surface area contributed by atoms with Crippen molar-refractivity contribution in [1.82, 2.24) is 5.32 Å². The van der Waals surface area contributed by atoms with Crippen LogP contribution in [0.4, 0.5) is 0 Å². The molecule has 1 N–H and O–H groups in total. The van der Waals surface area contributed by atoms with Crippen LogP contribution in [0.25, 0.3) is 0 Å². The van der Waals surface area contributed by atoms with Crippen molar-refractivity contribution in [1.29, 1.82) is 0 Å². The Hall–Kier alpha value is -0.190. The van der Waals surface area contributed by atoms with Crippen molar-refractivity contribution >= 4 is 26.7 Å². The van der Waals surface area contributed by atoms with Crippen LogP contribution in [0, 0.1) is 11.3 Å². The van der Waals surface area contributed by atoms with Gasteiger partial charge in [0.1, 0.15) is 0 Å². The SMILES string of the molecule is CNC1CCC(C(C)(C)C)CC1S(=O)c1ccccc1Br. The summed E-state index contributed by atoms with van der Waals surface area (Å²) in [6.45, 7) is 6.90. The molecular weight excluding hydrogens is 346 g/mol. The first-order valence-corrected chi connectivity index (χ1v) is 9.67. The molecule has 0 aromatic heterocycles. The Labute approximate surface area is 139 Å². The Bertz CT molecular complexity index is 512. The molecule has 21 heavy (non-hydrogen) atoms. The van der Waals surface area contributed by atoms with Gasteiger partial charge in [0.15, 0.2) is 0 Å². The van der Waals surface area contributed by atoms with Crippen LogP contribution in [0.1, 0.15) is 40.0 Å². The third-order valence-electron chi connectivity index (χ3n) is 4.72. The highest BCUT2D eigenvalue weighted by molar-refractivity contribution is 9.10. The molecule has 0 saturated heterocycles. The highest BCUT2D eigenvalue weighted by Crippen LogP contribution is 2.40. The van der Waals surface area contributed by atoms with Crippen LogP contribution < -0.4 is 5.32 Å². The van der Waals surface area contributed by atoms with Gasteiger partial charge in [0, 0.05) is 10.5 Å². The van der Waals surface area contributed by atoms with Crippen LogP contribution in [0.5, 0.6) is 0 Å². The summed E-state index contributed by atoms with van der Waals surface area (Å²) in [4.78, 5) is 0.928. The maximum absolute atomic E-state index is 13.1. The minimum atomic E-state index is -0.976. The lowest BCUT2D eigenvalue weighted by Gasteiger charge is -2.41. The second-order valence-corrected chi connectivity index (χ2v) is 9.53. The van der Waals surface area contributed by atoms with Gasteiger partial charge in [-0.15, -0.1) is 0 Å². The Morgan fingerprint density at radius 2 is 1.90 bits per heavy atom. The van der Waals surface area contributed by atoms with E-state index in [1.165, 1.54) is 6.42 Å². The van der Waals surface area contributed by atoms with Crippen LogP contribution in [-0.4, -0.2) is 22.5 Å². The zero-order valence-electron chi connectivity index (χ0n) is 13.4. The average molecular weight is 372 g/mol. The topological polar surface area (TPSA) is 29.1 Å². The standard InChI is InChI=1S/C17H26BrNOS/c1-17(2,3)12-9-10-14(19-4)16(11-12)21(20)15-8-6-5-7-13(15)18/h5-8,12,14,16,19H,9-11H2,1-4H3. The van der Waals surface area contributed by atoms with E-state index in [9.17, 15) is 4.21 Å². The third kappa shape index (κ3) is 3.96. The summed E-state index contributed by atoms with van der Waals surface area (Å²) < 4.78 is 14.1.